The van der Waals surface area contributed by atoms with Gasteiger partial charge in [0.05, 0.1) is 5.54 Å². The standard InChI is InChI=1S/C10H18N4/c1-10(2,13-14-11)8-12-9-6-4-3-5-7-9/h8-9H,3-7H2,1-2H3. The van der Waals surface area contributed by atoms with E-state index in [9.17, 15) is 0 Å². The average Bonchev–Trinajstić information content (AvgIpc) is 2.17. The zero-order valence-electron chi connectivity index (χ0n) is 8.98. The maximum absolute atomic E-state index is 8.34. The number of rotatable bonds is 3. The highest BCUT2D eigenvalue weighted by molar-refractivity contribution is 5.69. The fourth-order valence-electron chi connectivity index (χ4n) is 1.66. The van der Waals surface area contributed by atoms with Crippen LogP contribution in [0.5, 0.6) is 0 Å². The monoisotopic (exact) mass is 194 g/mol. The molecule has 0 saturated heterocycles. The number of aliphatic imine (C=N–C) groups is 1. The van der Waals surface area contributed by atoms with Crippen LogP contribution in [0.25, 0.3) is 10.4 Å². The van der Waals surface area contributed by atoms with E-state index < -0.39 is 5.54 Å². The van der Waals surface area contributed by atoms with E-state index in [1.807, 2.05) is 13.8 Å². The van der Waals surface area contributed by atoms with E-state index in [0.29, 0.717) is 6.04 Å². The molecule has 0 heterocycles. The minimum absolute atomic E-state index is 0.455. The molecule has 0 atom stereocenters. The topological polar surface area (TPSA) is 61.1 Å². The first-order chi connectivity index (χ1) is 6.64. The van der Waals surface area contributed by atoms with Crippen LogP contribution in [-0.4, -0.2) is 17.8 Å². The van der Waals surface area contributed by atoms with Crippen molar-refractivity contribution in [2.75, 3.05) is 0 Å². The third kappa shape index (κ3) is 3.79. The van der Waals surface area contributed by atoms with Crippen LogP contribution in [-0.2, 0) is 0 Å². The van der Waals surface area contributed by atoms with Gasteiger partial charge in [-0.05, 0) is 32.2 Å². The first kappa shape index (κ1) is 11.1. The van der Waals surface area contributed by atoms with Crippen molar-refractivity contribution >= 4 is 6.21 Å². The first-order valence-corrected chi connectivity index (χ1v) is 5.25. The van der Waals surface area contributed by atoms with Crippen LogP contribution >= 0.6 is 0 Å². The summed E-state index contributed by atoms with van der Waals surface area (Å²) < 4.78 is 0. The van der Waals surface area contributed by atoms with Gasteiger partial charge in [-0.15, -0.1) is 0 Å². The van der Waals surface area contributed by atoms with Gasteiger partial charge in [0.1, 0.15) is 0 Å². The SMILES string of the molecule is CC(C)(C=NC1CCCCC1)N=[N+]=[N-]. The van der Waals surface area contributed by atoms with Gasteiger partial charge in [0.15, 0.2) is 0 Å². The molecule has 78 valence electrons. The molecule has 0 amide bonds. The summed E-state index contributed by atoms with van der Waals surface area (Å²) in [6, 6.07) is 0.455. The van der Waals surface area contributed by atoms with Gasteiger partial charge in [-0.1, -0.05) is 24.4 Å². The van der Waals surface area contributed by atoms with Gasteiger partial charge in [-0.25, -0.2) is 0 Å². The highest BCUT2D eigenvalue weighted by Gasteiger charge is 2.15. The molecule has 14 heavy (non-hydrogen) atoms. The molecule has 0 aliphatic heterocycles. The Hall–Kier alpha value is -1.02. The molecule has 1 fully saturated rings. The maximum Gasteiger partial charge on any atom is 0.0780 e. The van der Waals surface area contributed by atoms with Crippen LogP contribution in [0.1, 0.15) is 46.0 Å². The fraction of sp³-hybridized carbons (Fsp3) is 0.900. The lowest BCUT2D eigenvalue weighted by atomic mass is 9.96. The Labute approximate surface area is 85.0 Å². The molecule has 0 N–H and O–H groups in total. The van der Waals surface area contributed by atoms with Gasteiger partial charge in [0.2, 0.25) is 0 Å². The second-order valence-corrected chi connectivity index (χ2v) is 4.41. The van der Waals surface area contributed by atoms with Crippen LogP contribution < -0.4 is 0 Å². The average molecular weight is 194 g/mol. The molecule has 0 aromatic carbocycles. The molecule has 0 bridgehead atoms. The molecule has 1 aliphatic rings. The Morgan fingerprint density at radius 3 is 2.50 bits per heavy atom. The summed E-state index contributed by atoms with van der Waals surface area (Å²) in [5.74, 6) is 0. The van der Waals surface area contributed by atoms with Crippen molar-refractivity contribution in [2.24, 2.45) is 10.1 Å². The highest BCUT2D eigenvalue weighted by atomic mass is 15.2. The van der Waals surface area contributed by atoms with Crippen molar-refractivity contribution in [1.29, 1.82) is 0 Å². The van der Waals surface area contributed by atoms with Crippen LogP contribution in [0.15, 0.2) is 10.1 Å². The fourth-order valence-corrected chi connectivity index (χ4v) is 1.66. The van der Waals surface area contributed by atoms with E-state index >= 15 is 0 Å². The predicted molar refractivity (Wildman–Crippen MR) is 58.6 cm³/mol. The Morgan fingerprint density at radius 2 is 1.93 bits per heavy atom. The zero-order chi connectivity index (χ0) is 10.4. The molecule has 0 unspecified atom stereocenters. The number of hydrogen-bond donors (Lipinski definition) is 0. The molecule has 1 aliphatic carbocycles. The van der Waals surface area contributed by atoms with Crippen molar-refractivity contribution < 1.29 is 0 Å². The second-order valence-electron chi connectivity index (χ2n) is 4.41. The molecule has 4 heteroatoms. The van der Waals surface area contributed by atoms with Gasteiger partial charge >= 0.3 is 0 Å². The molecule has 1 saturated carbocycles. The summed E-state index contributed by atoms with van der Waals surface area (Å²) in [4.78, 5) is 7.29. The lowest BCUT2D eigenvalue weighted by Crippen LogP contribution is -2.20. The predicted octanol–water partition coefficient (Wildman–Crippen LogP) is 3.48. The number of nitrogens with zero attached hydrogens (tertiary/aromatic N) is 4. The smallest absolute Gasteiger partial charge is 0.0780 e. The van der Waals surface area contributed by atoms with E-state index in [4.69, 9.17) is 5.53 Å². The lowest BCUT2D eigenvalue weighted by molar-refractivity contribution is 0.442. The largest absolute Gasteiger partial charge is 0.294 e. The van der Waals surface area contributed by atoms with Crippen molar-refractivity contribution in [3.63, 3.8) is 0 Å². The van der Waals surface area contributed by atoms with E-state index in [1.165, 1.54) is 32.1 Å². The Kier molecular flexibility index (Phi) is 3.96. The summed E-state index contributed by atoms with van der Waals surface area (Å²) in [5, 5.41) is 3.67. The minimum atomic E-state index is -0.480. The minimum Gasteiger partial charge on any atom is -0.294 e. The normalized spacial score (nSPS) is 19.6. The van der Waals surface area contributed by atoms with Gasteiger partial charge in [-0.3, -0.25) is 4.99 Å². The van der Waals surface area contributed by atoms with Crippen molar-refractivity contribution in [1.82, 2.24) is 0 Å². The van der Waals surface area contributed by atoms with E-state index in [0.717, 1.165) is 0 Å². The highest BCUT2D eigenvalue weighted by Crippen LogP contribution is 2.20. The van der Waals surface area contributed by atoms with Crippen LogP contribution in [0.3, 0.4) is 0 Å². The van der Waals surface area contributed by atoms with Crippen LogP contribution in [0, 0.1) is 0 Å². The molecule has 4 nitrogen and oxygen atoms in total. The van der Waals surface area contributed by atoms with Crippen LogP contribution in [0.4, 0.5) is 0 Å². The van der Waals surface area contributed by atoms with Gasteiger partial charge in [0, 0.05) is 17.2 Å². The Morgan fingerprint density at radius 1 is 1.29 bits per heavy atom. The van der Waals surface area contributed by atoms with E-state index in [2.05, 4.69) is 15.0 Å². The quantitative estimate of drug-likeness (QED) is 0.286. The number of azide groups is 1. The molecular formula is C10H18N4. The zero-order valence-corrected chi connectivity index (χ0v) is 8.98. The molecule has 1 rings (SSSR count). The summed E-state index contributed by atoms with van der Waals surface area (Å²) in [6.45, 7) is 3.75. The summed E-state index contributed by atoms with van der Waals surface area (Å²) in [7, 11) is 0. The van der Waals surface area contributed by atoms with Gasteiger partial charge in [-0.2, -0.15) is 0 Å². The molecule has 0 aromatic heterocycles. The van der Waals surface area contributed by atoms with Gasteiger partial charge < -0.3 is 0 Å². The third-order valence-corrected chi connectivity index (χ3v) is 2.48. The Bertz CT molecular complexity index is 245. The summed E-state index contributed by atoms with van der Waals surface area (Å²) >= 11 is 0. The van der Waals surface area contributed by atoms with E-state index in [-0.39, 0.29) is 0 Å². The van der Waals surface area contributed by atoms with Gasteiger partial charge in [0.25, 0.3) is 0 Å². The summed E-state index contributed by atoms with van der Waals surface area (Å²) in [6.07, 6.45) is 8.06. The third-order valence-electron chi connectivity index (χ3n) is 2.48. The Balaban J connectivity index is 2.48. The van der Waals surface area contributed by atoms with Crippen molar-refractivity contribution in [3.05, 3.63) is 10.4 Å². The molecule has 0 aromatic rings. The van der Waals surface area contributed by atoms with Crippen LogP contribution in [0.2, 0.25) is 0 Å². The molecule has 0 spiro atoms. The second kappa shape index (κ2) is 5.01. The molecule has 0 radical (unpaired) electrons. The molecular weight excluding hydrogens is 176 g/mol. The maximum atomic E-state index is 8.34. The first-order valence-electron chi connectivity index (χ1n) is 5.25. The number of hydrogen-bond acceptors (Lipinski definition) is 2. The summed E-state index contributed by atoms with van der Waals surface area (Å²) in [5.41, 5.74) is 7.86. The van der Waals surface area contributed by atoms with E-state index in [1.54, 1.807) is 6.21 Å². The van der Waals surface area contributed by atoms with Crippen molar-refractivity contribution in [2.45, 2.75) is 57.5 Å². The van der Waals surface area contributed by atoms with Crippen molar-refractivity contribution in [3.8, 4) is 0 Å². The lowest BCUT2D eigenvalue weighted by Gasteiger charge is -2.19.